The summed E-state index contributed by atoms with van der Waals surface area (Å²) in [5, 5.41) is 8.89. The van der Waals surface area contributed by atoms with Crippen LogP contribution in [0, 0.1) is 6.92 Å². The van der Waals surface area contributed by atoms with Crippen molar-refractivity contribution in [3.8, 4) is 5.75 Å². The highest BCUT2D eigenvalue weighted by molar-refractivity contribution is 7.90. The molecule has 0 spiro atoms. The van der Waals surface area contributed by atoms with Gasteiger partial charge >= 0.3 is 0 Å². The second-order valence-corrected chi connectivity index (χ2v) is 9.47. The van der Waals surface area contributed by atoms with Crippen molar-refractivity contribution in [2.75, 3.05) is 13.7 Å². The third-order valence-electron chi connectivity index (χ3n) is 3.90. The summed E-state index contributed by atoms with van der Waals surface area (Å²) in [4.78, 5) is 11.7. The molecule has 12 heteroatoms. The molecule has 29 heavy (non-hydrogen) atoms. The zero-order valence-electron chi connectivity index (χ0n) is 15.6. The molecule has 2 rings (SSSR count). The summed E-state index contributed by atoms with van der Waals surface area (Å²) in [5.41, 5.74) is 2.16. The molecule has 158 valence electrons. The Bertz CT molecular complexity index is 1050. The van der Waals surface area contributed by atoms with Crippen molar-refractivity contribution in [3.05, 3.63) is 54.1 Å². The molecule has 0 radical (unpaired) electrons. The SMILES string of the molecule is COc1ccc(S(=O)(=O)NCC(NS(=O)(=O)c2ccc(C)cc2)C(=O)NO)cc1. The maximum atomic E-state index is 12.5. The van der Waals surface area contributed by atoms with Gasteiger partial charge in [0.15, 0.2) is 0 Å². The summed E-state index contributed by atoms with van der Waals surface area (Å²) >= 11 is 0. The first kappa shape index (κ1) is 22.8. The third-order valence-corrected chi connectivity index (χ3v) is 6.83. The zero-order chi connectivity index (χ0) is 21.7. The minimum Gasteiger partial charge on any atom is -0.497 e. The Kier molecular flexibility index (Phi) is 7.32. The monoisotopic (exact) mass is 443 g/mol. The van der Waals surface area contributed by atoms with Gasteiger partial charge in [-0.15, -0.1) is 0 Å². The highest BCUT2D eigenvalue weighted by Crippen LogP contribution is 2.15. The topological polar surface area (TPSA) is 151 Å². The highest BCUT2D eigenvalue weighted by atomic mass is 32.2. The molecule has 0 aliphatic rings. The Morgan fingerprint density at radius 2 is 1.48 bits per heavy atom. The number of carbonyl (C=O) groups is 1. The van der Waals surface area contributed by atoms with Gasteiger partial charge in [0.1, 0.15) is 11.8 Å². The molecule has 0 saturated heterocycles. The molecule has 0 heterocycles. The lowest BCUT2D eigenvalue weighted by Crippen LogP contribution is -2.51. The molecule has 1 amide bonds. The van der Waals surface area contributed by atoms with Crippen molar-refractivity contribution in [2.24, 2.45) is 0 Å². The first-order valence-corrected chi connectivity index (χ1v) is 11.2. The van der Waals surface area contributed by atoms with E-state index >= 15 is 0 Å². The summed E-state index contributed by atoms with van der Waals surface area (Å²) in [7, 11) is -6.77. The second kappa shape index (κ2) is 9.33. The van der Waals surface area contributed by atoms with Gasteiger partial charge in [-0.25, -0.2) is 27.0 Å². The van der Waals surface area contributed by atoms with Crippen molar-refractivity contribution < 1.29 is 31.6 Å². The van der Waals surface area contributed by atoms with E-state index < -0.39 is 38.5 Å². The van der Waals surface area contributed by atoms with E-state index in [-0.39, 0.29) is 9.79 Å². The number of hydrogen-bond acceptors (Lipinski definition) is 7. The molecule has 1 atom stereocenters. The van der Waals surface area contributed by atoms with E-state index in [4.69, 9.17) is 9.94 Å². The molecule has 0 saturated carbocycles. The number of nitrogens with one attached hydrogen (secondary N) is 3. The van der Waals surface area contributed by atoms with Crippen molar-refractivity contribution in [1.82, 2.24) is 14.9 Å². The van der Waals surface area contributed by atoms with E-state index in [1.807, 2.05) is 0 Å². The fraction of sp³-hybridized carbons (Fsp3) is 0.235. The van der Waals surface area contributed by atoms with Crippen LogP contribution in [-0.2, 0) is 24.8 Å². The van der Waals surface area contributed by atoms with Crippen LogP contribution in [0.15, 0.2) is 58.3 Å². The predicted octanol–water partition coefficient (Wildman–Crippen LogP) is 0.134. The number of amides is 1. The van der Waals surface area contributed by atoms with Crippen LogP contribution >= 0.6 is 0 Å². The van der Waals surface area contributed by atoms with Gasteiger partial charge in [0.05, 0.1) is 16.9 Å². The number of sulfonamides is 2. The van der Waals surface area contributed by atoms with Crippen molar-refractivity contribution in [1.29, 1.82) is 0 Å². The number of benzene rings is 2. The van der Waals surface area contributed by atoms with Crippen molar-refractivity contribution in [3.63, 3.8) is 0 Å². The van der Waals surface area contributed by atoms with Crippen LogP contribution in [0.1, 0.15) is 5.56 Å². The minimum atomic E-state index is -4.15. The number of rotatable bonds is 9. The molecule has 4 N–H and O–H groups in total. The van der Waals surface area contributed by atoms with Crippen LogP contribution in [0.5, 0.6) is 5.75 Å². The number of aryl methyl sites for hydroxylation is 1. The Balaban J connectivity index is 2.18. The molecule has 10 nitrogen and oxygen atoms in total. The normalized spacial score (nSPS) is 12.9. The van der Waals surface area contributed by atoms with E-state index in [9.17, 15) is 21.6 Å². The van der Waals surface area contributed by atoms with Gasteiger partial charge in [-0.2, -0.15) is 4.72 Å². The largest absolute Gasteiger partial charge is 0.497 e. The molecular weight excluding hydrogens is 422 g/mol. The van der Waals surface area contributed by atoms with Crippen LogP contribution in [-0.4, -0.2) is 47.6 Å². The Morgan fingerprint density at radius 1 is 0.966 bits per heavy atom. The first-order valence-electron chi connectivity index (χ1n) is 8.26. The Morgan fingerprint density at radius 3 is 2.00 bits per heavy atom. The zero-order valence-corrected chi connectivity index (χ0v) is 17.2. The molecule has 0 aliphatic carbocycles. The van der Waals surface area contributed by atoms with Gasteiger partial charge in [-0.1, -0.05) is 17.7 Å². The van der Waals surface area contributed by atoms with Gasteiger partial charge in [-0.3, -0.25) is 10.0 Å². The number of carbonyl (C=O) groups excluding carboxylic acids is 1. The second-order valence-electron chi connectivity index (χ2n) is 5.99. The van der Waals surface area contributed by atoms with E-state index in [1.54, 1.807) is 19.1 Å². The first-order chi connectivity index (χ1) is 13.6. The molecule has 2 aromatic carbocycles. The summed E-state index contributed by atoms with van der Waals surface area (Å²) in [6, 6.07) is 9.68. The van der Waals surface area contributed by atoms with E-state index in [0.717, 1.165) is 5.56 Å². The summed E-state index contributed by atoms with van der Waals surface area (Å²) in [6.45, 7) is 1.14. The van der Waals surface area contributed by atoms with Crippen LogP contribution in [0.25, 0.3) is 0 Å². The molecule has 2 aromatic rings. The van der Waals surface area contributed by atoms with E-state index in [0.29, 0.717) is 5.75 Å². The number of hydrogen-bond donors (Lipinski definition) is 4. The predicted molar refractivity (Wildman–Crippen MR) is 103 cm³/mol. The summed E-state index contributed by atoms with van der Waals surface area (Å²) in [5.74, 6) is -0.675. The van der Waals surface area contributed by atoms with Gasteiger partial charge in [-0.05, 0) is 43.3 Å². The molecule has 0 bridgehead atoms. The lowest BCUT2D eigenvalue weighted by atomic mass is 10.2. The number of hydroxylamine groups is 1. The van der Waals surface area contributed by atoms with E-state index in [2.05, 4.69) is 9.44 Å². The van der Waals surface area contributed by atoms with Gasteiger partial charge in [0.25, 0.3) is 5.91 Å². The minimum absolute atomic E-state index is 0.108. The molecule has 1 unspecified atom stereocenters. The molecule has 0 aromatic heterocycles. The standard InChI is InChI=1S/C17H21N3O7S2/c1-12-3-7-15(8-4-12)29(25,26)20-16(17(21)19-22)11-18-28(23,24)14-9-5-13(27-2)6-10-14/h3-10,16,18,20,22H,11H2,1-2H3,(H,19,21). The van der Waals surface area contributed by atoms with Crippen LogP contribution in [0.2, 0.25) is 0 Å². The summed E-state index contributed by atoms with van der Waals surface area (Å²) < 4.78 is 58.9. The number of methoxy groups -OCH3 is 1. The quantitative estimate of drug-likeness (QED) is 0.318. The lowest BCUT2D eigenvalue weighted by molar-refractivity contribution is -0.130. The van der Waals surface area contributed by atoms with Crippen molar-refractivity contribution in [2.45, 2.75) is 22.8 Å². The molecule has 0 aliphatic heterocycles. The van der Waals surface area contributed by atoms with Crippen molar-refractivity contribution >= 4 is 26.0 Å². The van der Waals surface area contributed by atoms with E-state index in [1.165, 1.54) is 49.0 Å². The number of ether oxygens (including phenoxy) is 1. The van der Waals surface area contributed by atoms with Gasteiger partial charge < -0.3 is 4.74 Å². The molecule has 0 fully saturated rings. The maximum Gasteiger partial charge on any atom is 0.262 e. The maximum absolute atomic E-state index is 12.5. The van der Waals surface area contributed by atoms with Crippen LogP contribution in [0.3, 0.4) is 0 Å². The van der Waals surface area contributed by atoms with Crippen LogP contribution in [0.4, 0.5) is 0 Å². The Hall–Kier alpha value is -2.51. The average Bonchev–Trinajstić information content (AvgIpc) is 2.70. The Labute approximate surface area is 169 Å². The highest BCUT2D eigenvalue weighted by Gasteiger charge is 2.27. The smallest absolute Gasteiger partial charge is 0.262 e. The lowest BCUT2D eigenvalue weighted by Gasteiger charge is -2.18. The molecular formula is C17H21N3O7S2. The van der Waals surface area contributed by atoms with Crippen LogP contribution < -0.4 is 19.7 Å². The summed E-state index contributed by atoms with van der Waals surface area (Å²) in [6.07, 6.45) is 0. The fourth-order valence-electron chi connectivity index (χ4n) is 2.27. The van der Waals surface area contributed by atoms with Gasteiger partial charge in [0.2, 0.25) is 20.0 Å². The average molecular weight is 444 g/mol. The fourth-order valence-corrected chi connectivity index (χ4v) is 4.51. The van der Waals surface area contributed by atoms with Gasteiger partial charge in [0, 0.05) is 6.54 Å². The third kappa shape index (κ3) is 5.98.